The molecule has 4 rings (SSSR count). The third-order valence-corrected chi connectivity index (χ3v) is 6.20. The molecule has 2 aliphatic rings. The zero-order valence-electron chi connectivity index (χ0n) is 14.3. The van der Waals surface area contributed by atoms with Crippen LogP contribution in [0.15, 0.2) is 60.7 Å². The lowest BCUT2D eigenvalue weighted by molar-refractivity contribution is -0.127. The molecule has 0 radical (unpaired) electrons. The molecule has 24 heavy (non-hydrogen) atoms. The summed E-state index contributed by atoms with van der Waals surface area (Å²) in [6.07, 6.45) is 1.71. The topological polar surface area (TPSA) is 20.3 Å². The second-order valence-electron chi connectivity index (χ2n) is 7.64. The van der Waals surface area contributed by atoms with Gasteiger partial charge < -0.3 is 0 Å². The van der Waals surface area contributed by atoms with Gasteiger partial charge in [0.05, 0.1) is 0 Å². The normalized spacial score (nSPS) is 30.3. The monoisotopic (exact) mass is 319 g/mol. The van der Waals surface area contributed by atoms with Gasteiger partial charge in [-0.1, -0.05) is 67.6 Å². The van der Waals surface area contributed by atoms with E-state index in [1.807, 2.05) is 0 Å². The van der Waals surface area contributed by atoms with E-state index in [2.05, 4.69) is 72.5 Å². The number of carbonyl (C=O) groups excluding carboxylic acids is 1. The van der Waals surface area contributed by atoms with Gasteiger partial charge in [0.25, 0.3) is 0 Å². The number of fused-ring (bicyclic) bond motifs is 1. The number of nitrogens with zero attached hydrogens (tertiary/aromatic N) is 1. The molecule has 0 spiro atoms. The Bertz CT molecular complexity index is 711. The summed E-state index contributed by atoms with van der Waals surface area (Å²) >= 11 is 0. The summed E-state index contributed by atoms with van der Waals surface area (Å²) in [7, 11) is 0. The predicted octanol–water partition coefficient (Wildman–Crippen LogP) is 4.06. The number of benzene rings is 2. The molecule has 3 unspecified atom stereocenters. The first kappa shape index (κ1) is 15.6. The highest BCUT2D eigenvalue weighted by Gasteiger charge is 2.51. The molecule has 2 aromatic rings. The first-order chi connectivity index (χ1) is 11.7. The molecule has 0 amide bonds. The highest BCUT2D eigenvalue weighted by molar-refractivity contribution is 5.83. The van der Waals surface area contributed by atoms with Gasteiger partial charge in [-0.15, -0.1) is 0 Å². The van der Waals surface area contributed by atoms with Crippen LogP contribution in [0, 0.1) is 11.8 Å². The molecule has 1 aliphatic heterocycles. The number of carbonyl (C=O) groups is 1. The van der Waals surface area contributed by atoms with Crippen molar-refractivity contribution in [2.45, 2.75) is 31.7 Å². The predicted molar refractivity (Wildman–Crippen MR) is 96.7 cm³/mol. The minimum Gasteiger partial charge on any atom is -0.299 e. The summed E-state index contributed by atoms with van der Waals surface area (Å²) in [6.45, 7) is 5.27. The Hall–Kier alpha value is -1.93. The Balaban J connectivity index is 1.59. The fourth-order valence-corrected chi connectivity index (χ4v) is 4.76. The molecule has 1 heterocycles. The van der Waals surface area contributed by atoms with Crippen molar-refractivity contribution in [3.05, 3.63) is 71.8 Å². The Morgan fingerprint density at radius 1 is 1.00 bits per heavy atom. The summed E-state index contributed by atoms with van der Waals surface area (Å²) in [4.78, 5) is 15.0. The van der Waals surface area contributed by atoms with Crippen LogP contribution in [0.2, 0.25) is 0 Å². The fraction of sp³-hybridized carbons (Fsp3) is 0.409. The van der Waals surface area contributed by atoms with Crippen LogP contribution in [0.5, 0.6) is 0 Å². The molecule has 1 aliphatic carbocycles. The molecule has 2 fully saturated rings. The van der Waals surface area contributed by atoms with Gasteiger partial charge in [-0.05, 0) is 28.9 Å². The standard InChI is InChI=1S/C22H25NO/c1-22(18-10-6-3-7-11-18)13-12-21(24)19-15-23(16-20(19)22)14-17-8-4-2-5-9-17/h2-11,19-20H,12-16H2,1H3. The molecule has 3 atom stereocenters. The molecule has 2 nitrogen and oxygen atoms in total. The Morgan fingerprint density at radius 2 is 1.67 bits per heavy atom. The Kier molecular flexibility index (Phi) is 4.01. The van der Waals surface area contributed by atoms with Crippen LogP contribution in [-0.4, -0.2) is 23.8 Å². The molecule has 0 bridgehead atoms. The number of ketones is 1. The van der Waals surface area contributed by atoms with Crippen molar-refractivity contribution in [1.82, 2.24) is 4.90 Å². The second kappa shape index (κ2) is 6.18. The molecule has 124 valence electrons. The minimum atomic E-state index is 0.116. The van der Waals surface area contributed by atoms with Gasteiger partial charge in [-0.3, -0.25) is 9.69 Å². The molecule has 0 aromatic heterocycles. The third-order valence-electron chi connectivity index (χ3n) is 6.20. The van der Waals surface area contributed by atoms with Crippen molar-refractivity contribution in [2.24, 2.45) is 11.8 Å². The van der Waals surface area contributed by atoms with Gasteiger partial charge in [0, 0.05) is 32.0 Å². The van der Waals surface area contributed by atoms with E-state index in [1.165, 1.54) is 11.1 Å². The summed E-state index contributed by atoms with van der Waals surface area (Å²) < 4.78 is 0. The largest absolute Gasteiger partial charge is 0.299 e. The third kappa shape index (κ3) is 2.69. The maximum absolute atomic E-state index is 12.6. The van der Waals surface area contributed by atoms with Crippen molar-refractivity contribution >= 4 is 5.78 Å². The van der Waals surface area contributed by atoms with Crippen molar-refractivity contribution in [2.75, 3.05) is 13.1 Å². The summed E-state index contributed by atoms with van der Waals surface area (Å²) in [5.74, 6) is 1.11. The molecule has 1 saturated carbocycles. The number of rotatable bonds is 3. The van der Waals surface area contributed by atoms with Crippen molar-refractivity contribution < 1.29 is 4.79 Å². The Labute approximate surface area is 144 Å². The average molecular weight is 319 g/mol. The van der Waals surface area contributed by atoms with E-state index >= 15 is 0 Å². The van der Waals surface area contributed by atoms with Crippen molar-refractivity contribution in [1.29, 1.82) is 0 Å². The van der Waals surface area contributed by atoms with E-state index in [0.29, 0.717) is 11.7 Å². The first-order valence-corrected chi connectivity index (χ1v) is 9.01. The van der Waals surface area contributed by atoms with Crippen LogP contribution in [0.3, 0.4) is 0 Å². The van der Waals surface area contributed by atoms with E-state index in [4.69, 9.17) is 0 Å². The van der Waals surface area contributed by atoms with E-state index in [0.717, 1.165) is 32.5 Å². The van der Waals surface area contributed by atoms with E-state index in [1.54, 1.807) is 0 Å². The maximum Gasteiger partial charge on any atom is 0.137 e. The second-order valence-corrected chi connectivity index (χ2v) is 7.64. The molecular formula is C22H25NO. The van der Waals surface area contributed by atoms with Crippen molar-refractivity contribution in [3.63, 3.8) is 0 Å². The molecule has 2 aromatic carbocycles. The zero-order valence-corrected chi connectivity index (χ0v) is 14.3. The van der Waals surface area contributed by atoms with Gasteiger partial charge in [-0.2, -0.15) is 0 Å². The summed E-state index contributed by atoms with van der Waals surface area (Å²) in [6, 6.07) is 21.4. The van der Waals surface area contributed by atoms with Crippen LogP contribution in [0.25, 0.3) is 0 Å². The van der Waals surface area contributed by atoms with E-state index < -0.39 is 0 Å². The quantitative estimate of drug-likeness (QED) is 0.850. The Morgan fingerprint density at radius 3 is 2.38 bits per heavy atom. The SMILES string of the molecule is CC1(c2ccccc2)CCC(=O)C2CN(Cc3ccccc3)CC21. The minimum absolute atomic E-state index is 0.116. The van der Waals surface area contributed by atoms with Crippen LogP contribution >= 0.6 is 0 Å². The van der Waals surface area contributed by atoms with Crippen LogP contribution in [-0.2, 0) is 16.8 Å². The molecule has 2 heteroatoms. The van der Waals surface area contributed by atoms with Crippen LogP contribution in [0.4, 0.5) is 0 Å². The maximum atomic E-state index is 12.6. The highest BCUT2D eigenvalue weighted by atomic mass is 16.1. The molecule has 1 saturated heterocycles. The van der Waals surface area contributed by atoms with Gasteiger partial charge in [0.15, 0.2) is 0 Å². The highest BCUT2D eigenvalue weighted by Crippen LogP contribution is 2.48. The first-order valence-electron chi connectivity index (χ1n) is 9.01. The van der Waals surface area contributed by atoms with Crippen molar-refractivity contribution in [3.8, 4) is 0 Å². The summed E-state index contributed by atoms with van der Waals surface area (Å²) in [5.41, 5.74) is 2.85. The summed E-state index contributed by atoms with van der Waals surface area (Å²) in [5, 5.41) is 0. The number of hydrogen-bond donors (Lipinski definition) is 0. The van der Waals surface area contributed by atoms with Crippen LogP contribution < -0.4 is 0 Å². The number of Topliss-reactive ketones (excluding diaryl/α,β-unsaturated/α-hetero) is 1. The number of hydrogen-bond acceptors (Lipinski definition) is 2. The van der Waals surface area contributed by atoms with Crippen LogP contribution in [0.1, 0.15) is 30.9 Å². The van der Waals surface area contributed by atoms with Gasteiger partial charge >= 0.3 is 0 Å². The van der Waals surface area contributed by atoms with E-state index in [9.17, 15) is 4.79 Å². The lowest BCUT2D eigenvalue weighted by Gasteiger charge is -2.42. The van der Waals surface area contributed by atoms with Gasteiger partial charge in [0.1, 0.15) is 5.78 Å². The van der Waals surface area contributed by atoms with Gasteiger partial charge in [0.2, 0.25) is 0 Å². The fourth-order valence-electron chi connectivity index (χ4n) is 4.76. The lowest BCUT2D eigenvalue weighted by Crippen LogP contribution is -2.44. The lowest BCUT2D eigenvalue weighted by atomic mass is 9.60. The number of likely N-dealkylation sites (tertiary alicyclic amines) is 1. The zero-order chi connectivity index (χ0) is 16.6. The van der Waals surface area contributed by atoms with E-state index in [-0.39, 0.29) is 11.3 Å². The van der Waals surface area contributed by atoms with Gasteiger partial charge in [-0.25, -0.2) is 0 Å². The molecule has 0 N–H and O–H groups in total. The average Bonchev–Trinajstić information content (AvgIpc) is 3.05. The smallest absolute Gasteiger partial charge is 0.137 e. The molecular weight excluding hydrogens is 294 g/mol.